The minimum absolute atomic E-state index is 0.0104. The summed E-state index contributed by atoms with van der Waals surface area (Å²) in [4.78, 5) is 2.32. The lowest BCUT2D eigenvalue weighted by molar-refractivity contribution is 0.117. The first kappa shape index (κ1) is 15.4. The molecule has 2 saturated heterocycles. The molecule has 7 heteroatoms. The van der Waals surface area contributed by atoms with Crippen LogP contribution in [-0.4, -0.2) is 49.3 Å². The molecule has 2 aliphatic rings. The predicted octanol–water partition coefficient (Wildman–Crippen LogP) is 1.55. The highest BCUT2D eigenvalue weighted by Crippen LogP contribution is 2.29. The summed E-state index contributed by atoms with van der Waals surface area (Å²) in [5, 5.41) is 8.89. The van der Waals surface area contributed by atoms with Crippen molar-refractivity contribution < 1.29 is 12.8 Å². The molecule has 0 saturated carbocycles. The second-order valence-corrected chi connectivity index (χ2v) is 7.86. The Morgan fingerprint density at radius 2 is 2.14 bits per heavy atom. The van der Waals surface area contributed by atoms with E-state index in [1.807, 2.05) is 6.92 Å². The molecule has 0 aliphatic carbocycles. The number of nitrogens with zero attached hydrogens (tertiary/aromatic N) is 3. The fourth-order valence-electron chi connectivity index (χ4n) is 3.38. The Hall–Kier alpha value is -1.49. The van der Waals surface area contributed by atoms with Gasteiger partial charge in [0, 0.05) is 25.2 Å². The van der Waals surface area contributed by atoms with E-state index in [0.717, 1.165) is 38.1 Å². The van der Waals surface area contributed by atoms with Crippen LogP contribution >= 0.6 is 0 Å². The van der Waals surface area contributed by atoms with Crippen LogP contribution in [-0.2, 0) is 10.0 Å². The average molecular weight is 323 g/mol. The molecule has 0 radical (unpaired) electrons. The van der Waals surface area contributed by atoms with Gasteiger partial charge in [-0.25, -0.2) is 12.8 Å². The van der Waals surface area contributed by atoms with Crippen molar-refractivity contribution in [3.05, 3.63) is 29.6 Å². The Morgan fingerprint density at radius 1 is 1.36 bits per heavy atom. The number of benzene rings is 1. The Morgan fingerprint density at radius 3 is 2.86 bits per heavy atom. The standard InChI is InChI=1S/C15H18FN3O2S/c1-11-9-18-6-2-3-13(18)10-19(11)22(20,21)14-4-5-15(16)12(7-14)8-17/h4-5,7,11,13H,2-3,6,9-10H2,1H3. The zero-order chi connectivity index (χ0) is 15.9. The molecule has 2 fully saturated rings. The number of fused-ring (bicyclic) bond motifs is 1. The molecule has 3 rings (SSSR count). The fraction of sp³-hybridized carbons (Fsp3) is 0.533. The molecule has 0 bridgehead atoms. The van der Waals surface area contributed by atoms with Gasteiger partial charge in [0.15, 0.2) is 0 Å². The Labute approximate surface area is 130 Å². The lowest BCUT2D eigenvalue weighted by Crippen LogP contribution is -2.56. The smallest absolute Gasteiger partial charge is 0.243 e. The maximum atomic E-state index is 13.4. The molecule has 2 unspecified atom stereocenters. The van der Waals surface area contributed by atoms with Gasteiger partial charge in [0.1, 0.15) is 11.9 Å². The average Bonchev–Trinajstić information content (AvgIpc) is 2.93. The zero-order valence-corrected chi connectivity index (χ0v) is 13.2. The fourth-order valence-corrected chi connectivity index (χ4v) is 5.07. The normalized spacial score (nSPS) is 26.6. The first-order valence-corrected chi connectivity index (χ1v) is 8.83. The highest BCUT2D eigenvalue weighted by molar-refractivity contribution is 7.89. The number of hydrogen-bond acceptors (Lipinski definition) is 4. The molecule has 1 aromatic carbocycles. The summed E-state index contributed by atoms with van der Waals surface area (Å²) in [6.45, 7) is 4.10. The van der Waals surface area contributed by atoms with Gasteiger partial charge in [0.25, 0.3) is 0 Å². The number of sulfonamides is 1. The Balaban J connectivity index is 1.94. The molecular weight excluding hydrogens is 305 g/mol. The molecule has 5 nitrogen and oxygen atoms in total. The molecule has 0 aromatic heterocycles. The molecule has 118 valence electrons. The van der Waals surface area contributed by atoms with E-state index in [2.05, 4.69) is 4.90 Å². The molecule has 2 heterocycles. The van der Waals surface area contributed by atoms with E-state index in [1.165, 1.54) is 10.4 Å². The van der Waals surface area contributed by atoms with E-state index < -0.39 is 15.8 Å². The minimum atomic E-state index is -3.71. The van der Waals surface area contributed by atoms with Crippen molar-refractivity contribution in [2.24, 2.45) is 0 Å². The molecule has 1 aromatic rings. The number of hydrogen-bond donors (Lipinski definition) is 0. The number of nitriles is 1. The third-order valence-corrected chi connectivity index (χ3v) is 6.52. The molecule has 22 heavy (non-hydrogen) atoms. The van der Waals surface area contributed by atoms with Crippen LogP contribution < -0.4 is 0 Å². The SMILES string of the molecule is CC1CN2CCCC2CN1S(=O)(=O)c1ccc(F)c(C#N)c1. The summed E-state index contributed by atoms with van der Waals surface area (Å²) in [7, 11) is -3.71. The minimum Gasteiger partial charge on any atom is -0.297 e. The first-order chi connectivity index (χ1) is 10.4. The Bertz CT molecular complexity index is 729. The summed E-state index contributed by atoms with van der Waals surface area (Å²) in [5.74, 6) is -0.699. The molecular formula is C15H18FN3O2S. The summed E-state index contributed by atoms with van der Waals surface area (Å²) in [6, 6.07) is 5.23. The molecule has 2 aliphatic heterocycles. The first-order valence-electron chi connectivity index (χ1n) is 7.39. The van der Waals surface area contributed by atoms with Crippen molar-refractivity contribution in [1.82, 2.24) is 9.21 Å². The predicted molar refractivity (Wildman–Crippen MR) is 79.1 cm³/mol. The third kappa shape index (κ3) is 2.51. The monoisotopic (exact) mass is 323 g/mol. The van der Waals surface area contributed by atoms with E-state index in [4.69, 9.17) is 5.26 Å². The van der Waals surface area contributed by atoms with Gasteiger partial charge in [-0.15, -0.1) is 0 Å². The van der Waals surface area contributed by atoms with E-state index in [1.54, 1.807) is 6.07 Å². The molecule has 0 spiro atoms. The van der Waals surface area contributed by atoms with E-state index >= 15 is 0 Å². The second-order valence-electron chi connectivity index (χ2n) is 5.97. The van der Waals surface area contributed by atoms with Crippen LogP contribution in [0.5, 0.6) is 0 Å². The van der Waals surface area contributed by atoms with Crippen LogP contribution in [0.1, 0.15) is 25.3 Å². The summed E-state index contributed by atoms with van der Waals surface area (Å²) < 4.78 is 40.6. The largest absolute Gasteiger partial charge is 0.297 e. The van der Waals surface area contributed by atoms with Gasteiger partial charge in [-0.05, 0) is 44.5 Å². The van der Waals surface area contributed by atoms with Crippen molar-refractivity contribution in [3.63, 3.8) is 0 Å². The summed E-state index contributed by atoms with van der Waals surface area (Å²) in [5.41, 5.74) is -0.242. The van der Waals surface area contributed by atoms with E-state index in [-0.39, 0.29) is 22.5 Å². The van der Waals surface area contributed by atoms with Gasteiger partial charge >= 0.3 is 0 Å². The third-order valence-electron chi connectivity index (χ3n) is 4.54. The van der Waals surface area contributed by atoms with Crippen molar-refractivity contribution in [1.29, 1.82) is 5.26 Å². The molecule has 0 amide bonds. The van der Waals surface area contributed by atoms with Crippen molar-refractivity contribution in [3.8, 4) is 6.07 Å². The second kappa shape index (κ2) is 5.61. The summed E-state index contributed by atoms with van der Waals surface area (Å²) in [6.07, 6.45) is 2.10. The van der Waals surface area contributed by atoms with Gasteiger partial charge < -0.3 is 0 Å². The van der Waals surface area contributed by atoms with Crippen LogP contribution in [0, 0.1) is 17.1 Å². The number of rotatable bonds is 2. The maximum absolute atomic E-state index is 13.4. The Kier molecular flexibility index (Phi) is 3.93. The van der Waals surface area contributed by atoms with Crippen LogP contribution in [0.25, 0.3) is 0 Å². The van der Waals surface area contributed by atoms with Crippen LogP contribution in [0.4, 0.5) is 4.39 Å². The van der Waals surface area contributed by atoms with Crippen molar-refractivity contribution >= 4 is 10.0 Å². The number of halogens is 1. The zero-order valence-electron chi connectivity index (χ0n) is 12.4. The van der Waals surface area contributed by atoms with Gasteiger partial charge in [-0.1, -0.05) is 0 Å². The van der Waals surface area contributed by atoms with E-state index in [9.17, 15) is 12.8 Å². The quantitative estimate of drug-likeness (QED) is 0.828. The topological polar surface area (TPSA) is 64.4 Å². The van der Waals surface area contributed by atoms with Crippen LogP contribution in [0.3, 0.4) is 0 Å². The van der Waals surface area contributed by atoms with Crippen LogP contribution in [0.15, 0.2) is 23.1 Å². The molecule has 2 atom stereocenters. The van der Waals surface area contributed by atoms with Crippen molar-refractivity contribution in [2.45, 2.75) is 36.7 Å². The van der Waals surface area contributed by atoms with E-state index in [0.29, 0.717) is 6.54 Å². The van der Waals surface area contributed by atoms with Gasteiger partial charge in [0.2, 0.25) is 10.0 Å². The highest BCUT2D eigenvalue weighted by atomic mass is 32.2. The maximum Gasteiger partial charge on any atom is 0.243 e. The van der Waals surface area contributed by atoms with Gasteiger partial charge in [-0.3, -0.25) is 4.90 Å². The lowest BCUT2D eigenvalue weighted by Gasteiger charge is -2.41. The van der Waals surface area contributed by atoms with Crippen molar-refractivity contribution in [2.75, 3.05) is 19.6 Å². The highest BCUT2D eigenvalue weighted by Gasteiger charge is 2.40. The van der Waals surface area contributed by atoms with Gasteiger partial charge in [0.05, 0.1) is 10.5 Å². The lowest BCUT2D eigenvalue weighted by atomic mass is 10.1. The van der Waals surface area contributed by atoms with Gasteiger partial charge in [-0.2, -0.15) is 9.57 Å². The summed E-state index contributed by atoms with van der Waals surface area (Å²) >= 11 is 0. The number of piperazine rings is 1. The molecule has 0 N–H and O–H groups in total. The van der Waals surface area contributed by atoms with Crippen LogP contribution in [0.2, 0.25) is 0 Å².